The van der Waals surface area contributed by atoms with Crippen LogP contribution in [0, 0.1) is 5.92 Å². The number of rotatable bonds is 4. The van der Waals surface area contributed by atoms with Crippen molar-refractivity contribution in [2.45, 2.75) is 31.3 Å². The van der Waals surface area contributed by atoms with Gasteiger partial charge in [0.1, 0.15) is 5.69 Å². The highest BCUT2D eigenvalue weighted by Gasteiger charge is 2.35. The predicted molar refractivity (Wildman–Crippen MR) is 114 cm³/mol. The normalized spacial score (nSPS) is 29.8. The average molecular weight is 400 g/mol. The van der Waals surface area contributed by atoms with E-state index in [0.717, 1.165) is 29.7 Å². The summed E-state index contributed by atoms with van der Waals surface area (Å²) in [5.41, 5.74) is 1.83. The van der Waals surface area contributed by atoms with Crippen molar-refractivity contribution in [3.8, 4) is 0 Å². The largest absolute Gasteiger partial charge is 0.370 e. The fourth-order valence-corrected chi connectivity index (χ4v) is 5.86. The summed E-state index contributed by atoms with van der Waals surface area (Å²) in [6, 6.07) is 7.33. The molecule has 5 heterocycles. The number of hydrogen-bond acceptors (Lipinski definition) is 6. The lowest BCUT2D eigenvalue weighted by Gasteiger charge is -2.44. The van der Waals surface area contributed by atoms with Crippen molar-refractivity contribution in [1.82, 2.24) is 19.5 Å². The number of nitrogens with zero attached hydrogens (tertiary/aromatic N) is 4. The molecular formula is C21H29N5OS. The molecule has 0 spiro atoms. The van der Waals surface area contributed by atoms with Crippen LogP contribution in [0.25, 0.3) is 10.1 Å². The highest BCUT2D eigenvalue weighted by atomic mass is 32.1. The fraction of sp³-hybridized carbons (Fsp3) is 0.619. The topological polar surface area (TPSA) is 51.7 Å². The van der Waals surface area contributed by atoms with Crippen molar-refractivity contribution in [2.75, 3.05) is 51.7 Å². The van der Waals surface area contributed by atoms with Gasteiger partial charge >= 0.3 is 0 Å². The van der Waals surface area contributed by atoms with E-state index in [-0.39, 0.29) is 11.9 Å². The molecule has 6 rings (SSSR count). The van der Waals surface area contributed by atoms with E-state index in [9.17, 15) is 4.79 Å². The van der Waals surface area contributed by atoms with E-state index < -0.39 is 0 Å². The van der Waals surface area contributed by atoms with Crippen molar-refractivity contribution in [2.24, 2.45) is 5.92 Å². The summed E-state index contributed by atoms with van der Waals surface area (Å²) < 4.78 is 5.62. The van der Waals surface area contributed by atoms with Crippen LogP contribution in [0.4, 0.5) is 5.69 Å². The molecule has 7 heteroatoms. The molecule has 6 nitrogen and oxygen atoms in total. The summed E-state index contributed by atoms with van der Waals surface area (Å²) in [6.07, 6.45) is 3.60. The molecule has 2 bridgehead atoms. The lowest BCUT2D eigenvalue weighted by Crippen LogP contribution is -2.57. The Bertz CT molecular complexity index is 873. The highest BCUT2D eigenvalue weighted by Crippen LogP contribution is 2.31. The quantitative estimate of drug-likeness (QED) is 0.855. The van der Waals surface area contributed by atoms with Crippen LogP contribution in [0.3, 0.4) is 0 Å². The van der Waals surface area contributed by atoms with Gasteiger partial charge in [0.25, 0.3) is 5.91 Å². The zero-order valence-corrected chi connectivity index (χ0v) is 17.5. The molecule has 2 atom stereocenters. The molecule has 150 valence electrons. The van der Waals surface area contributed by atoms with Crippen LogP contribution in [0.2, 0.25) is 0 Å². The van der Waals surface area contributed by atoms with Gasteiger partial charge in [-0.05, 0) is 82.1 Å². The van der Waals surface area contributed by atoms with E-state index in [1.807, 2.05) is 0 Å². The third-order valence-electron chi connectivity index (χ3n) is 6.90. The van der Waals surface area contributed by atoms with Crippen molar-refractivity contribution in [1.29, 1.82) is 0 Å². The predicted octanol–water partition coefficient (Wildman–Crippen LogP) is 2.26. The Balaban J connectivity index is 1.32. The molecule has 4 aliphatic rings. The molecule has 1 N–H and O–H groups in total. The van der Waals surface area contributed by atoms with Crippen LogP contribution in [-0.2, 0) is 0 Å². The molecule has 4 fully saturated rings. The van der Waals surface area contributed by atoms with Gasteiger partial charge in [0, 0.05) is 42.8 Å². The SMILES string of the molecule is CN(C)C1CCN(c2ccc3c(C(=O)N[C@@H]4CN5CCC4CC5)nsc3c2)C1. The molecule has 4 saturated heterocycles. The molecule has 0 aliphatic carbocycles. The number of anilines is 1. The Kier molecular flexibility index (Phi) is 4.77. The summed E-state index contributed by atoms with van der Waals surface area (Å²) in [4.78, 5) is 20.1. The van der Waals surface area contributed by atoms with E-state index in [1.54, 1.807) is 0 Å². The number of nitrogens with one attached hydrogen (secondary N) is 1. The lowest BCUT2D eigenvalue weighted by molar-refractivity contribution is 0.0619. The van der Waals surface area contributed by atoms with Crippen LogP contribution in [0.15, 0.2) is 18.2 Å². The minimum absolute atomic E-state index is 0.00778. The number of hydrogen-bond donors (Lipinski definition) is 1. The van der Waals surface area contributed by atoms with Gasteiger partial charge in [-0.3, -0.25) is 4.79 Å². The van der Waals surface area contributed by atoms with Crippen molar-refractivity contribution in [3.05, 3.63) is 23.9 Å². The van der Waals surface area contributed by atoms with E-state index in [0.29, 0.717) is 17.7 Å². The van der Waals surface area contributed by atoms with Gasteiger partial charge < -0.3 is 20.0 Å². The van der Waals surface area contributed by atoms with Gasteiger partial charge in [-0.25, -0.2) is 0 Å². The number of aromatic nitrogens is 1. The number of benzene rings is 1. The minimum atomic E-state index is -0.00778. The van der Waals surface area contributed by atoms with Gasteiger partial charge in [0.2, 0.25) is 0 Å². The zero-order chi connectivity index (χ0) is 19.3. The summed E-state index contributed by atoms with van der Waals surface area (Å²) in [5, 5.41) is 4.26. The molecule has 0 saturated carbocycles. The molecule has 1 aromatic heterocycles. The second-order valence-corrected chi connectivity index (χ2v) is 9.59. The molecular weight excluding hydrogens is 370 g/mol. The van der Waals surface area contributed by atoms with E-state index >= 15 is 0 Å². The van der Waals surface area contributed by atoms with Crippen molar-refractivity contribution in [3.63, 3.8) is 0 Å². The van der Waals surface area contributed by atoms with Gasteiger partial charge in [-0.1, -0.05) is 0 Å². The van der Waals surface area contributed by atoms with Crippen molar-refractivity contribution >= 4 is 33.2 Å². The number of likely N-dealkylation sites (N-methyl/N-ethyl adjacent to an activating group) is 1. The average Bonchev–Trinajstić information content (AvgIpc) is 3.36. The molecule has 1 amide bonds. The standard InChI is InChI=1S/C21H29N5OS/c1-24(2)16-7-10-26(12-16)15-3-4-17-19(11-15)28-23-20(17)21(27)22-18-13-25-8-5-14(18)6-9-25/h3-4,11,14,16,18H,5-10,12-13H2,1-2H3,(H,22,27)/t16?,18-/m1/s1. The summed E-state index contributed by atoms with van der Waals surface area (Å²) in [5.74, 6) is 0.622. The van der Waals surface area contributed by atoms with Crippen LogP contribution in [0.1, 0.15) is 29.8 Å². The Hall–Kier alpha value is -1.70. The van der Waals surface area contributed by atoms with E-state index in [2.05, 4.69) is 56.7 Å². The monoisotopic (exact) mass is 399 g/mol. The molecule has 1 aromatic carbocycles. The first-order valence-electron chi connectivity index (χ1n) is 10.4. The number of piperidine rings is 3. The Morgan fingerprint density at radius 2 is 2.00 bits per heavy atom. The molecule has 4 aliphatic heterocycles. The van der Waals surface area contributed by atoms with E-state index in [1.165, 1.54) is 49.6 Å². The molecule has 0 radical (unpaired) electrons. The van der Waals surface area contributed by atoms with Gasteiger partial charge in [0.05, 0.1) is 4.70 Å². The maximum absolute atomic E-state index is 12.9. The number of carbonyl (C=O) groups excluding carboxylic acids is 1. The van der Waals surface area contributed by atoms with E-state index in [4.69, 9.17) is 0 Å². The van der Waals surface area contributed by atoms with Crippen molar-refractivity contribution < 1.29 is 4.79 Å². The first kappa shape index (κ1) is 18.3. The number of fused-ring (bicyclic) bond motifs is 4. The molecule has 2 aromatic rings. The van der Waals surface area contributed by atoms with Crippen LogP contribution < -0.4 is 10.2 Å². The smallest absolute Gasteiger partial charge is 0.271 e. The maximum Gasteiger partial charge on any atom is 0.271 e. The molecule has 28 heavy (non-hydrogen) atoms. The first-order valence-corrected chi connectivity index (χ1v) is 11.2. The van der Waals surface area contributed by atoms with Crippen LogP contribution in [-0.4, -0.2) is 79.0 Å². The Labute approximate surface area is 170 Å². The van der Waals surface area contributed by atoms with Crippen LogP contribution >= 0.6 is 11.5 Å². The third-order valence-corrected chi connectivity index (χ3v) is 7.71. The Morgan fingerprint density at radius 1 is 1.18 bits per heavy atom. The van der Waals surface area contributed by atoms with Gasteiger partial charge in [-0.2, -0.15) is 4.37 Å². The maximum atomic E-state index is 12.9. The number of carbonyl (C=O) groups is 1. The first-order chi connectivity index (χ1) is 13.6. The summed E-state index contributed by atoms with van der Waals surface area (Å²) in [7, 11) is 4.31. The summed E-state index contributed by atoms with van der Waals surface area (Å²) in [6.45, 7) is 5.50. The highest BCUT2D eigenvalue weighted by molar-refractivity contribution is 7.13. The lowest BCUT2D eigenvalue weighted by atomic mass is 9.84. The van der Waals surface area contributed by atoms with Gasteiger partial charge in [0.15, 0.2) is 0 Å². The number of amides is 1. The van der Waals surface area contributed by atoms with Gasteiger partial charge in [-0.15, -0.1) is 0 Å². The molecule has 1 unspecified atom stereocenters. The summed E-state index contributed by atoms with van der Waals surface area (Å²) >= 11 is 1.44. The van der Waals surface area contributed by atoms with Crippen LogP contribution in [0.5, 0.6) is 0 Å². The minimum Gasteiger partial charge on any atom is -0.370 e. The second kappa shape index (κ2) is 7.28. The second-order valence-electron chi connectivity index (χ2n) is 8.78. The fourth-order valence-electron chi connectivity index (χ4n) is 5.05. The third kappa shape index (κ3) is 3.29. The zero-order valence-electron chi connectivity index (χ0n) is 16.7. The Morgan fingerprint density at radius 3 is 2.68 bits per heavy atom.